The fraction of sp³-hybridized carbons (Fsp3) is 0.500. The molecular weight excluding hydrogens is 300 g/mol. The molecule has 0 radical (unpaired) electrons. The second kappa shape index (κ2) is 7.54. The number of nitrogens with one attached hydrogen (secondary N) is 2. The highest BCUT2D eigenvalue weighted by Crippen LogP contribution is 2.37. The maximum Gasteiger partial charge on any atom is 0.232 e. The number of carbonyl (C=O) groups excluding carboxylic acids is 2. The fourth-order valence-electron chi connectivity index (χ4n) is 2.23. The molecular formula is C16H22N2O3S. The van der Waals surface area contributed by atoms with Crippen molar-refractivity contribution in [3.63, 3.8) is 0 Å². The summed E-state index contributed by atoms with van der Waals surface area (Å²) in [6.07, 6.45) is 2.23. The molecule has 2 atom stereocenters. The molecule has 1 aromatic rings. The first-order valence-electron chi connectivity index (χ1n) is 7.57. The molecule has 22 heavy (non-hydrogen) atoms. The van der Waals surface area contributed by atoms with E-state index in [1.807, 2.05) is 13.8 Å². The molecule has 0 unspecified atom stereocenters. The second-order valence-electron chi connectivity index (χ2n) is 5.59. The molecule has 0 heterocycles. The lowest BCUT2D eigenvalue weighted by atomic mass is 10.1. The maximum atomic E-state index is 12.2. The largest absolute Gasteiger partial charge is 0.356 e. The van der Waals surface area contributed by atoms with Crippen LogP contribution in [0.4, 0.5) is 5.69 Å². The summed E-state index contributed by atoms with van der Waals surface area (Å²) in [4.78, 5) is 24.1. The van der Waals surface area contributed by atoms with Gasteiger partial charge in [0.25, 0.3) is 0 Å². The van der Waals surface area contributed by atoms with Gasteiger partial charge in [-0.3, -0.25) is 13.8 Å². The predicted molar refractivity (Wildman–Crippen MR) is 86.9 cm³/mol. The molecule has 2 amide bonds. The number of amides is 2. The van der Waals surface area contributed by atoms with Gasteiger partial charge in [0.2, 0.25) is 11.8 Å². The van der Waals surface area contributed by atoms with E-state index in [1.54, 1.807) is 24.3 Å². The van der Waals surface area contributed by atoms with Gasteiger partial charge in [-0.1, -0.05) is 13.0 Å². The summed E-state index contributed by atoms with van der Waals surface area (Å²) in [6.45, 7) is 4.27. The minimum Gasteiger partial charge on any atom is -0.356 e. The van der Waals surface area contributed by atoms with E-state index < -0.39 is 10.8 Å². The van der Waals surface area contributed by atoms with E-state index in [-0.39, 0.29) is 23.5 Å². The monoisotopic (exact) mass is 322 g/mol. The van der Waals surface area contributed by atoms with Crippen molar-refractivity contribution >= 4 is 28.3 Å². The Hall–Kier alpha value is -1.69. The van der Waals surface area contributed by atoms with Gasteiger partial charge in [0.05, 0.1) is 10.8 Å². The van der Waals surface area contributed by atoms with Crippen LogP contribution in [0.1, 0.15) is 26.7 Å². The Morgan fingerprint density at radius 2 is 2.09 bits per heavy atom. The topological polar surface area (TPSA) is 75.3 Å². The van der Waals surface area contributed by atoms with Gasteiger partial charge in [-0.25, -0.2) is 0 Å². The van der Waals surface area contributed by atoms with Crippen LogP contribution in [0.3, 0.4) is 0 Å². The molecule has 1 fully saturated rings. The molecule has 1 aliphatic rings. The van der Waals surface area contributed by atoms with Crippen molar-refractivity contribution in [1.29, 1.82) is 0 Å². The molecule has 0 aliphatic heterocycles. The lowest BCUT2D eigenvalue weighted by molar-refractivity contribution is -0.120. The van der Waals surface area contributed by atoms with E-state index in [1.165, 1.54) is 0 Å². The highest BCUT2D eigenvalue weighted by Gasteiger charge is 2.32. The molecule has 120 valence electrons. The third-order valence-electron chi connectivity index (χ3n) is 3.74. The third kappa shape index (κ3) is 4.66. The summed E-state index contributed by atoms with van der Waals surface area (Å²) in [5, 5.41) is 5.49. The Kier molecular flexibility index (Phi) is 5.71. The SMILES string of the molecule is CCNC(=O)C[S@@](=O)c1cccc(NC(=O)[C@@H](C)C2CC2)c1. The van der Waals surface area contributed by atoms with E-state index in [9.17, 15) is 13.8 Å². The maximum absolute atomic E-state index is 12.2. The van der Waals surface area contributed by atoms with Crippen LogP contribution in [0.15, 0.2) is 29.2 Å². The van der Waals surface area contributed by atoms with Crippen LogP contribution in [-0.2, 0) is 20.4 Å². The summed E-state index contributed by atoms with van der Waals surface area (Å²) in [7, 11) is -1.41. The standard InChI is InChI=1S/C16H22N2O3S/c1-3-17-15(19)10-22(21)14-6-4-5-13(9-14)18-16(20)11(2)12-7-8-12/h4-6,9,11-12H,3,7-8,10H2,1-2H3,(H,17,19)(H,18,20)/t11-,22+/m0/s1. The third-order valence-corrected chi connectivity index (χ3v) is 5.05. The van der Waals surface area contributed by atoms with Crippen molar-refractivity contribution in [2.24, 2.45) is 11.8 Å². The molecule has 1 aromatic carbocycles. The van der Waals surface area contributed by atoms with Gasteiger partial charge in [-0.2, -0.15) is 0 Å². The zero-order valence-electron chi connectivity index (χ0n) is 12.9. The van der Waals surface area contributed by atoms with Crippen molar-refractivity contribution in [2.75, 3.05) is 17.6 Å². The van der Waals surface area contributed by atoms with Crippen LogP contribution in [0.2, 0.25) is 0 Å². The first-order valence-corrected chi connectivity index (χ1v) is 8.89. The normalized spacial score (nSPS) is 16.6. The zero-order valence-corrected chi connectivity index (χ0v) is 13.7. The van der Waals surface area contributed by atoms with Crippen molar-refractivity contribution in [3.8, 4) is 0 Å². The number of carbonyl (C=O) groups is 2. The van der Waals surface area contributed by atoms with Gasteiger partial charge in [0.1, 0.15) is 5.75 Å². The predicted octanol–water partition coefficient (Wildman–Crippen LogP) is 1.91. The minimum atomic E-state index is -1.41. The zero-order chi connectivity index (χ0) is 16.1. The Labute approximate surface area is 133 Å². The van der Waals surface area contributed by atoms with Crippen molar-refractivity contribution in [2.45, 2.75) is 31.6 Å². The van der Waals surface area contributed by atoms with Gasteiger partial charge in [-0.05, 0) is 43.9 Å². The molecule has 1 aliphatic carbocycles. The first kappa shape index (κ1) is 16.7. The molecule has 0 spiro atoms. The Morgan fingerprint density at radius 3 is 2.73 bits per heavy atom. The van der Waals surface area contributed by atoms with Crippen molar-refractivity contribution in [1.82, 2.24) is 5.32 Å². The van der Waals surface area contributed by atoms with Crippen LogP contribution in [-0.4, -0.2) is 28.3 Å². The average molecular weight is 322 g/mol. The van der Waals surface area contributed by atoms with Crippen LogP contribution >= 0.6 is 0 Å². The summed E-state index contributed by atoms with van der Waals surface area (Å²) in [5.74, 6) is 0.190. The highest BCUT2D eigenvalue weighted by molar-refractivity contribution is 7.85. The molecule has 0 bridgehead atoms. The van der Waals surface area contributed by atoms with E-state index in [2.05, 4.69) is 10.6 Å². The summed E-state index contributed by atoms with van der Waals surface area (Å²) < 4.78 is 12.2. The Bertz CT molecular complexity index is 585. The van der Waals surface area contributed by atoms with E-state index in [0.717, 1.165) is 12.8 Å². The van der Waals surface area contributed by atoms with E-state index in [0.29, 0.717) is 23.0 Å². The summed E-state index contributed by atoms with van der Waals surface area (Å²) in [5.41, 5.74) is 0.624. The molecule has 6 heteroatoms. The quantitative estimate of drug-likeness (QED) is 0.805. The summed E-state index contributed by atoms with van der Waals surface area (Å²) in [6, 6.07) is 6.88. The lowest BCUT2D eigenvalue weighted by Crippen LogP contribution is -2.27. The Morgan fingerprint density at radius 1 is 1.36 bits per heavy atom. The highest BCUT2D eigenvalue weighted by atomic mass is 32.2. The van der Waals surface area contributed by atoms with E-state index >= 15 is 0 Å². The smallest absolute Gasteiger partial charge is 0.232 e. The van der Waals surface area contributed by atoms with E-state index in [4.69, 9.17) is 0 Å². The number of benzene rings is 1. The molecule has 0 saturated heterocycles. The van der Waals surface area contributed by atoms with Gasteiger partial charge in [0, 0.05) is 23.0 Å². The van der Waals surface area contributed by atoms with Crippen LogP contribution in [0, 0.1) is 11.8 Å². The van der Waals surface area contributed by atoms with Gasteiger partial charge >= 0.3 is 0 Å². The summed E-state index contributed by atoms with van der Waals surface area (Å²) >= 11 is 0. The molecule has 0 aromatic heterocycles. The minimum absolute atomic E-state index is 0.00415. The first-order chi connectivity index (χ1) is 10.5. The molecule has 2 rings (SSSR count). The Balaban J connectivity index is 1.98. The van der Waals surface area contributed by atoms with Crippen molar-refractivity contribution < 1.29 is 13.8 Å². The number of hydrogen-bond acceptors (Lipinski definition) is 3. The van der Waals surface area contributed by atoms with Gasteiger partial charge < -0.3 is 10.6 Å². The molecule has 5 nitrogen and oxygen atoms in total. The average Bonchev–Trinajstić information content (AvgIpc) is 3.31. The van der Waals surface area contributed by atoms with Crippen LogP contribution in [0.25, 0.3) is 0 Å². The van der Waals surface area contributed by atoms with Gasteiger partial charge in [0.15, 0.2) is 0 Å². The number of anilines is 1. The van der Waals surface area contributed by atoms with Crippen molar-refractivity contribution in [3.05, 3.63) is 24.3 Å². The van der Waals surface area contributed by atoms with Crippen LogP contribution < -0.4 is 10.6 Å². The second-order valence-corrected chi connectivity index (χ2v) is 7.04. The fourth-order valence-corrected chi connectivity index (χ4v) is 3.23. The lowest BCUT2D eigenvalue weighted by Gasteiger charge is -2.12. The van der Waals surface area contributed by atoms with Crippen LogP contribution in [0.5, 0.6) is 0 Å². The number of hydrogen-bond donors (Lipinski definition) is 2. The van der Waals surface area contributed by atoms with Gasteiger partial charge in [-0.15, -0.1) is 0 Å². The molecule has 1 saturated carbocycles. The molecule has 2 N–H and O–H groups in total. The number of rotatable bonds is 7.